The molecule has 0 N–H and O–H groups in total. The van der Waals surface area contributed by atoms with Crippen molar-refractivity contribution in [3.05, 3.63) is 71.3 Å². The Morgan fingerprint density at radius 3 is 2.21 bits per heavy atom. The number of carbonyl (C=O) groups is 1. The Morgan fingerprint density at radius 1 is 0.970 bits per heavy atom. The molecule has 2 atom stereocenters. The van der Waals surface area contributed by atoms with Crippen molar-refractivity contribution in [2.24, 2.45) is 0 Å². The number of amides is 2. The highest BCUT2D eigenvalue weighted by molar-refractivity contribution is 5.73. The number of urea groups is 1. The highest BCUT2D eigenvalue weighted by Gasteiger charge is 2.35. The summed E-state index contributed by atoms with van der Waals surface area (Å²) in [7, 11) is 3.61. The summed E-state index contributed by atoms with van der Waals surface area (Å²) in [6.45, 7) is 6.61. The quantitative estimate of drug-likeness (QED) is 0.653. The monoisotopic (exact) mass is 447 g/mol. The van der Waals surface area contributed by atoms with Gasteiger partial charge in [0.05, 0.1) is 23.8 Å². The Kier molecular flexibility index (Phi) is 7.61. The van der Waals surface area contributed by atoms with Gasteiger partial charge >= 0.3 is 6.03 Å². The molecule has 4 rings (SSSR count). The molecule has 0 saturated carbocycles. The minimum Gasteiger partial charge on any atom is -0.370 e. The summed E-state index contributed by atoms with van der Waals surface area (Å²) in [5.74, 6) is 0. The van der Waals surface area contributed by atoms with E-state index in [-0.39, 0.29) is 18.2 Å². The van der Waals surface area contributed by atoms with Gasteiger partial charge in [-0.2, -0.15) is 5.26 Å². The third-order valence-corrected chi connectivity index (χ3v) is 6.28. The van der Waals surface area contributed by atoms with Gasteiger partial charge in [-0.05, 0) is 23.3 Å². The van der Waals surface area contributed by atoms with E-state index < -0.39 is 0 Å². The molecule has 2 amide bonds. The molecule has 7 heteroatoms. The Labute approximate surface area is 196 Å². The first-order valence-electron chi connectivity index (χ1n) is 11.6. The van der Waals surface area contributed by atoms with Gasteiger partial charge in [0.25, 0.3) is 0 Å². The third kappa shape index (κ3) is 6.32. The molecule has 2 aliphatic heterocycles. The molecule has 174 valence electrons. The number of ether oxygens (including phenoxy) is 1. The number of fused-ring (bicyclic) bond motifs is 2. The summed E-state index contributed by atoms with van der Waals surface area (Å²) in [6, 6.07) is 20.2. The first-order valence-corrected chi connectivity index (χ1v) is 11.6. The maximum atomic E-state index is 12.8. The van der Waals surface area contributed by atoms with Crippen molar-refractivity contribution in [2.75, 3.05) is 53.4 Å². The third-order valence-electron chi connectivity index (χ3n) is 6.28. The number of hydrogen-bond acceptors (Lipinski definition) is 5. The van der Waals surface area contributed by atoms with Gasteiger partial charge in [0.2, 0.25) is 0 Å². The fourth-order valence-corrected chi connectivity index (χ4v) is 4.71. The lowest BCUT2D eigenvalue weighted by atomic mass is 10.1. The SMILES string of the molecule is CN(C)C(=O)N(CCN1CC2CN(Cc3ccc(C#N)cc3)CC(C1)O2)Cc1ccccc1. The van der Waals surface area contributed by atoms with Gasteiger partial charge in [-0.15, -0.1) is 0 Å². The molecular weight excluding hydrogens is 414 g/mol. The van der Waals surface area contributed by atoms with E-state index in [1.54, 1.807) is 4.90 Å². The van der Waals surface area contributed by atoms with E-state index in [1.165, 1.54) is 5.56 Å². The largest absolute Gasteiger partial charge is 0.370 e. The second kappa shape index (κ2) is 10.8. The number of nitriles is 1. The van der Waals surface area contributed by atoms with Crippen LogP contribution >= 0.6 is 0 Å². The summed E-state index contributed by atoms with van der Waals surface area (Å²) in [5.41, 5.74) is 3.07. The van der Waals surface area contributed by atoms with E-state index in [1.807, 2.05) is 61.5 Å². The van der Waals surface area contributed by atoms with Crippen LogP contribution in [0.25, 0.3) is 0 Å². The van der Waals surface area contributed by atoms with Crippen molar-refractivity contribution in [1.82, 2.24) is 19.6 Å². The average molecular weight is 448 g/mol. The molecule has 0 radical (unpaired) electrons. The molecule has 2 bridgehead atoms. The van der Waals surface area contributed by atoms with Gasteiger partial charge in [-0.1, -0.05) is 42.5 Å². The zero-order chi connectivity index (χ0) is 23.2. The van der Waals surface area contributed by atoms with Crippen LogP contribution in [0.1, 0.15) is 16.7 Å². The summed E-state index contributed by atoms with van der Waals surface area (Å²) < 4.78 is 6.23. The number of carbonyl (C=O) groups excluding carboxylic acids is 1. The van der Waals surface area contributed by atoms with E-state index in [9.17, 15) is 4.79 Å². The van der Waals surface area contributed by atoms with Gasteiger partial charge in [-0.3, -0.25) is 9.80 Å². The zero-order valence-electron chi connectivity index (χ0n) is 19.6. The fourth-order valence-electron chi connectivity index (χ4n) is 4.71. The van der Waals surface area contributed by atoms with Gasteiger partial charge < -0.3 is 14.5 Å². The second-order valence-corrected chi connectivity index (χ2v) is 9.23. The van der Waals surface area contributed by atoms with Gasteiger partial charge in [0.15, 0.2) is 0 Å². The van der Waals surface area contributed by atoms with E-state index in [2.05, 4.69) is 28.0 Å². The maximum Gasteiger partial charge on any atom is 0.319 e. The molecule has 33 heavy (non-hydrogen) atoms. The Bertz CT molecular complexity index is 943. The molecule has 0 spiro atoms. The van der Waals surface area contributed by atoms with Crippen LogP contribution in [0.3, 0.4) is 0 Å². The van der Waals surface area contributed by atoms with Crippen molar-refractivity contribution in [2.45, 2.75) is 25.3 Å². The first-order chi connectivity index (χ1) is 16.0. The Morgan fingerprint density at radius 2 is 1.61 bits per heavy atom. The van der Waals surface area contributed by atoms with Crippen molar-refractivity contribution in [3.8, 4) is 6.07 Å². The second-order valence-electron chi connectivity index (χ2n) is 9.23. The standard InChI is InChI=1S/C26H33N5O2/c1-28(2)26(32)31(16-22-6-4-3-5-7-22)13-12-29-17-24-19-30(20-25(18-29)33-24)15-23-10-8-21(14-27)9-11-23/h3-11,24-25H,12-13,15-20H2,1-2H3. The minimum absolute atomic E-state index is 0.0425. The van der Waals surface area contributed by atoms with Gasteiger partial charge in [0, 0.05) is 66.5 Å². The number of morpholine rings is 2. The molecule has 2 aromatic carbocycles. The van der Waals surface area contributed by atoms with Gasteiger partial charge in [0.1, 0.15) is 0 Å². The van der Waals surface area contributed by atoms with Crippen LogP contribution in [0.5, 0.6) is 0 Å². The van der Waals surface area contributed by atoms with E-state index in [4.69, 9.17) is 10.00 Å². The molecule has 0 aliphatic carbocycles. The summed E-state index contributed by atoms with van der Waals surface area (Å²) in [6.07, 6.45) is 0.367. The smallest absolute Gasteiger partial charge is 0.319 e. The van der Waals surface area contributed by atoms with Crippen LogP contribution in [0.4, 0.5) is 4.79 Å². The van der Waals surface area contributed by atoms with Crippen LogP contribution in [0, 0.1) is 11.3 Å². The topological polar surface area (TPSA) is 63.1 Å². The lowest BCUT2D eigenvalue weighted by Gasteiger charge is -2.46. The fraction of sp³-hybridized carbons (Fsp3) is 0.462. The van der Waals surface area contributed by atoms with E-state index in [0.717, 1.165) is 44.8 Å². The van der Waals surface area contributed by atoms with Crippen molar-refractivity contribution < 1.29 is 9.53 Å². The molecule has 2 saturated heterocycles. The summed E-state index contributed by atoms with van der Waals surface area (Å²) in [4.78, 5) is 21.2. The molecule has 2 aliphatic rings. The lowest BCUT2D eigenvalue weighted by molar-refractivity contribution is -0.140. The lowest BCUT2D eigenvalue weighted by Crippen LogP contribution is -2.60. The molecular formula is C26H33N5O2. The summed E-state index contributed by atoms with van der Waals surface area (Å²) >= 11 is 0. The van der Waals surface area contributed by atoms with Crippen LogP contribution < -0.4 is 0 Å². The highest BCUT2D eigenvalue weighted by Crippen LogP contribution is 2.21. The van der Waals surface area contributed by atoms with Crippen molar-refractivity contribution >= 4 is 6.03 Å². The van der Waals surface area contributed by atoms with Crippen molar-refractivity contribution in [1.29, 1.82) is 5.26 Å². The number of rotatable bonds is 7. The first kappa shape index (κ1) is 23.2. The normalized spacial score (nSPS) is 20.8. The van der Waals surface area contributed by atoms with E-state index in [0.29, 0.717) is 18.7 Å². The Balaban J connectivity index is 1.30. The predicted molar refractivity (Wildman–Crippen MR) is 127 cm³/mol. The number of nitrogens with zero attached hydrogens (tertiary/aromatic N) is 5. The van der Waals surface area contributed by atoms with Crippen LogP contribution in [0.15, 0.2) is 54.6 Å². The molecule has 0 aromatic heterocycles. The van der Waals surface area contributed by atoms with Gasteiger partial charge in [-0.25, -0.2) is 4.79 Å². The molecule has 7 nitrogen and oxygen atoms in total. The zero-order valence-corrected chi connectivity index (χ0v) is 19.6. The molecule has 2 unspecified atom stereocenters. The summed E-state index contributed by atoms with van der Waals surface area (Å²) in [5, 5.41) is 8.99. The maximum absolute atomic E-state index is 12.8. The van der Waals surface area contributed by atoms with E-state index >= 15 is 0 Å². The van der Waals surface area contributed by atoms with Crippen LogP contribution in [-0.2, 0) is 17.8 Å². The molecule has 2 aromatic rings. The Hall–Kier alpha value is -2.92. The minimum atomic E-state index is 0.0425. The van der Waals surface area contributed by atoms with Crippen LogP contribution in [0.2, 0.25) is 0 Å². The number of hydrogen-bond donors (Lipinski definition) is 0. The number of benzene rings is 2. The molecule has 2 fully saturated rings. The highest BCUT2D eigenvalue weighted by atomic mass is 16.5. The average Bonchev–Trinajstić information content (AvgIpc) is 2.82. The molecule has 2 heterocycles. The van der Waals surface area contributed by atoms with Crippen molar-refractivity contribution in [3.63, 3.8) is 0 Å². The van der Waals surface area contributed by atoms with Crippen LogP contribution in [-0.4, -0.2) is 91.2 Å². The predicted octanol–water partition coefficient (Wildman–Crippen LogP) is 2.63.